The van der Waals surface area contributed by atoms with Gasteiger partial charge in [-0.05, 0) is 32.1 Å². The molecule has 1 aliphatic rings. The Morgan fingerprint density at radius 1 is 1.17 bits per heavy atom. The molecule has 0 bridgehead atoms. The van der Waals surface area contributed by atoms with Crippen molar-refractivity contribution in [2.75, 3.05) is 6.54 Å². The van der Waals surface area contributed by atoms with E-state index in [0.717, 1.165) is 50.8 Å². The highest BCUT2D eigenvalue weighted by Gasteiger charge is 2.23. The molecule has 0 unspecified atom stereocenters. The minimum Gasteiger partial charge on any atom is -0.388 e. The van der Waals surface area contributed by atoms with Crippen LogP contribution >= 0.6 is 0 Å². The summed E-state index contributed by atoms with van der Waals surface area (Å²) in [5, 5.41) is 3.36. The molecule has 0 spiro atoms. The molecule has 1 fully saturated rings. The van der Waals surface area contributed by atoms with E-state index in [0.29, 0.717) is 5.92 Å². The van der Waals surface area contributed by atoms with Crippen LogP contribution in [0.2, 0.25) is 0 Å². The second-order valence-corrected chi connectivity index (χ2v) is 5.35. The van der Waals surface area contributed by atoms with E-state index >= 15 is 0 Å². The Balaban J connectivity index is 2.23. The topological polar surface area (TPSA) is 12.0 Å². The lowest BCUT2D eigenvalue weighted by Crippen LogP contribution is -2.14. The van der Waals surface area contributed by atoms with Crippen LogP contribution < -0.4 is 5.32 Å². The van der Waals surface area contributed by atoms with Crippen LogP contribution in [0.5, 0.6) is 0 Å². The number of allylic oxidation sites excluding steroid dienone is 3. The standard InChI is InChI=1S/C17H27N/c1-6-7-16(5)18-11-10-13(2)12-17-14(3)8-9-15(17)4/h17-18H,2-12H2,1H3. The lowest BCUT2D eigenvalue weighted by atomic mass is 9.92. The zero-order chi connectivity index (χ0) is 13.5. The number of nitrogens with one attached hydrogen (secondary N) is 1. The molecular weight excluding hydrogens is 218 g/mol. The molecule has 0 aromatic carbocycles. The van der Waals surface area contributed by atoms with Gasteiger partial charge in [-0.15, -0.1) is 0 Å². The van der Waals surface area contributed by atoms with E-state index in [1.807, 2.05) is 0 Å². The van der Waals surface area contributed by atoms with Crippen molar-refractivity contribution in [3.8, 4) is 0 Å². The lowest BCUT2D eigenvalue weighted by Gasteiger charge is -2.15. The molecule has 1 rings (SSSR count). The summed E-state index contributed by atoms with van der Waals surface area (Å²) in [5.41, 5.74) is 5.11. The summed E-state index contributed by atoms with van der Waals surface area (Å²) in [7, 11) is 0. The van der Waals surface area contributed by atoms with Crippen molar-refractivity contribution in [1.82, 2.24) is 5.32 Å². The van der Waals surface area contributed by atoms with Gasteiger partial charge in [0, 0.05) is 18.2 Å². The molecule has 1 nitrogen and oxygen atoms in total. The third kappa shape index (κ3) is 4.56. The van der Waals surface area contributed by atoms with Crippen LogP contribution in [0.3, 0.4) is 0 Å². The Morgan fingerprint density at radius 3 is 2.33 bits per heavy atom. The van der Waals surface area contributed by atoms with Gasteiger partial charge in [-0.2, -0.15) is 0 Å². The Morgan fingerprint density at radius 2 is 1.78 bits per heavy atom. The highest BCUT2D eigenvalue weighted by atomic mass is 14.9. The minimum absolute atomic E-state index is 0.483. The minimum atomic E-state index is 0.483. The quantitative estimate of drug-likeness (QED) is 0.609. The first-order chi connectivity index (χ1) is 8.54. The van der Waals surface area contributed by atoms with Crippen molar-refractivity contribution in [3.63, 3.8) is 0 Å². The van der Waals surface area contributed by atoms with Crippen LogP contribution in [0.1, 0.15) is 45.4 Å². The fourth-order valence-corrected chi connectivity index (χ4v) is 2.44. The van der Waals surface area contributed by atoms with E-state index in [2.05, 4.69) is 38.6 Å². The highest BCUT2D eigenvalue weighted by Crippen LogP contribution is 2.37. The molecule has 0 aromatic heterocycles. The molecule has 0 aliphatic heterocycles. The first-order valence-corrected chi connectivity index (χ1v) is 6.98. The molecule has 0 radical (unpaired) electrons. The fourth-order valence-electron chi connectivity index (χ4n) is 2.44. The number of hydrogen-bond donors (Lipinski definition) is 1. The van der Waals surface area contributed by atoms with E-state index in [9.17, 15) is 0 Å². The molecule has 0 heterocycles. The zero-order valence-corrected chi connectivity index (χ0v) is 11.9. The largest absolute Gasteiger partial charge is 0.388 e. The molecule has 18 heavy (non-hydrogen) atoms. The maximum Gasteiger partial charge on any atom is 0.0180 e. The van der Waals surface area contributed by atoms with Gasteiger partial charge in [0.15, 0.2) is 0 Å². The Labute approximate surface area is 112 Å². The lowest BCUT2D eigenvalue weighted by molar-refractivity contribution is 0.677. The first-order valence-electron chi connectivity index (χ1n) is 6.98. The van der Waals surface area contributed by atoms with Gasteiger partial charge in [-0.25, -0.2) is 0 Å². The fraction of sp³-hybridized carbons (Fsp3) is 0.529. The summed E-state index contributed by atoms with van der Waals surface area (Å²) < 4.78 is 0. The maximum absolute atomic E-state index is 4.18. The second kappa shape index (κ2) is 7.25. The average molecular weight is 245 g/mol. The van der Waals surface area contributed by atoms with Crippen molar-refractivity contribution >= 4 is 0 Å². The van der Waals surface area contributed by atoms with E-state index in [4.69, 9.17) is 0 Å². The van der Waals surface area contributed by atoms with Gasteiger partial charge in [0.25, 0.3) is 0 Å². The van der Waals surface area contributed by atoms with Gasteiger partial charge < -0.3 is 5.32 Å². The average Bonchev–Trinajstić information content (AvgIpc) is 2.61. The van der Waals surface area contributed by atoms with Gasteiger partial charge in [-0.3, -0.25) is 0 Å². The SMILES string of the molecule is C=C(CCNC(=C)CCC)CC1C(=C)CCC1=C. The predicted molar refractivity (Wildman–Crippen MR) is 81.4 cm³/mol. The van der Waals surface area contributed by atoms with Gasteiger partial charge in [0.2, 0.25) is 0 Å². The number of hydrogen-bond acceptors (Lipinski definition) is 1. The maximum atomic E-state index is 4.18. The Bertz CT molecular complexity index is 333. The molecule has 1 aliphatic carbocycles. The van der Waals surface area contributed by atoms with Crippen LogP contribution in [0, 0.1) is 5.92 Å². The van der Waals surface area contributed by atoms with Crippen molar-refractivity contribution < 1.29 is 0 Å². The van der Waals surface area contributed by atoms with Crippen molar-refractivity contribution in [1.29, 1.82) is 0 Å². The summed E-state index contributed by atoms with van der Waals surface area (Å²) in [5.74, 6) is 0.483. The van der Waals surface area contributed by atoms with Crippen LogP contribution in [-0.2, 0) is 0 Å². The summed E-state index contributed by atoms with van der Waals surface area (Å²) in [6, 6.07) is 0. The normalized spacial score (nSPS) is 16.1. The molecular formula is C17H27N. The molecule has 100 valence electrons. The van der Waals surface area contributed by atoms with Gasteiger partial charge >= 0.3 is 0 Å². The molecule has 0 saturated heterocycles. The molecule has 0 aromatic rings. The summed E-state index contributed by atoms with van der Waals surface area (Å²) in [6.45, 7) is 19.6. The third-order valence-electron chi connectivity index (χ3n) is 3.65. The van der Waals surface area contributed by atoms with E-state index in [1.54, 1.807) is 0 Å². The zero-order valence-electron chi connectivity index (χ0n) is 11.9. The summed E-state index contributed by atoms with van der Waals surface area (Å²) in [6.07, 6.45) is 6.47. The van der Waals surface area contributed by atoms with Crippen LogP contribution in [0.4, 0.5) is 0 Å². The van der Waals surface area contributed by atoms with Crippen LogP contribution in [0.15, 0.2) is 48.7 Å². The molecule has 1 heteroatoms. The van der Waals surface area contributed by atoms with Crippen molar-refractivity contribution in [2.24, 2.45) is 5.92 Å². The van der Waals surface area contributed by atoms with Crippen molar-refractivity contribution in [2.45, 2.75) is 45.4 Å². The Hall–Kier alpha value is -1.24. The van der Waals surface area contributed by atoms with Crippen LogP contribution in [0.25, 0.3) is 0 Å². The van der Waals surface area contributed by atoms with Crippen molar-refractivity contribution in [3.05, 3.63) is 48.7 Å². The highest BCUT2D eigenvalue weighted by molar-refractivity contribution is 5.26. The monoisotopic (exact) mass is 245 g/mol. The summed E-state index contributed by atoms with van der Waals surface area (Å²) in [4.78, 5) is 0. The van der Waals surface area contributed by atoms with E-state index < -0.39 is 0 Å². The summed E-state index contributed by atoms with van der Waals surface area (Å²) >= 11 is 0. The predicted octanol–water partition coefficient (Wildman–Crippen LogP) is 4.75. The molecule has 0 amide bonds. The van der Waals surface area contributed by atoms with Gasteiger partial charge in [0.1, 0.15) is 0 Å². The number of rotatable bonds is 8. The van der Waals surface area contributed by atoms with Crippen LogP contribution in [-0.4, -0.2) is 6.54 Å². The van der Waals surface area contributed by atoms with Gasteiger partial charge in [0.05, 0.1) is 0 Å². The Kier molecular flexibility index (Phi) is 5.97. The molecule has 0 atom stereocenters. The smallest absolute Gasteiger partial charge is 0.0180 e. The molecule has 1 N–H and O–H groups in total. The van der Waals surface area contributed by atoms with E-state index in [1.165, 1.54) is 16.7 Å². The van der Waals surface area contributed by atoms with E-state index in [-0.39, 0.29) is 0 Å². The first kappa shape index (κ1) is 14.8. The van der Waals surface area contributed by atoms with Gasteiger partial charge in [-0.1, -0.05) is 56.4 Å². The second-order valence-electron chi connectivity index (χ2n) is 5.35. The molecule has 1 saturated carbocycles. The third-order valence-corrected chi connectivity index (χ3v) is 3.65.